The molecule has 0 rings (SSSR count). The van der Waals surface area contributed by atoms with Gasteiger partial charge in [-0.3, -0.25) is 14.4 Å². The van der Waals surface area contributed by atoms with Crippen molar-refractivity contribution in [1.82, 2.24) is 5.32 Å². The molecule has 0 bridgehead atoms. The van der Waals surface area contributed by atoms with Gasteiger partial charge in [0.05, 0.1) is 13.5 Å². The summed E-state index contributed by atoms with van der Waals surface area (Å²) in [6, 6.07) is 0. The number of esters is 1. The monoisotopic (exact) mass is 243 g/mol. The first-order valence-electron chi connectivity index (χ1n) is 5.75. The highest BCUT2D eigenvalue weighted by Crippen LogP contribution is 2.08. The zero-order chi connectivity index (χ0) is 13.4. The van der Waals surface area contributed by atoms with Crippen molar-refractivity contribution < 1.29 is 19.1 Å². The van der Waals surface area contributed by atoms with Gasteiger partial charge in [0.1, 0.15) is 5.78 Å². The summed E-state index contributed by atoms with van der Waals surface area (Å²) >= 11 is 0. The van der Waals surface area contributed by atoms with E-state index in [0.717, 1.165) is 0 Å². The average molecular weight is 243 g/mol. The number of rotatable bonds is 7. The van der Waals surface area contributed by atoms with Gasteiger partial charge >= 0.3 is 5.97 Å². The van der Waals surface area contributed by atoms with Crippen molar-refractivity contribution in [1.29, 1.82) is 0 Å². The summed E-state index contributed by atoms with van der Waals surface area (Å²) in [7, 11) is 1.30. The number of methoxy groups -OCH3 is 1. The highest BCUT2D eigenvalue weighted by Gasteiger charge is 2.18. The molecule has 0 aliphatic heterocycles. The molecule has 5 nitrogen and oxygen atoms in total. The number of carbonyl (C=O) groups is 3. The molecule has 0 aromatic heterocycles. The summed E-state index contributed by atoms with van der Waals surface area (Å²) in [5.41, 5.74) is 0. The van der Waals surface area contributed by atoms with Gasteiger partial charge in [0.15, 0.2) is 0 Å². The van der Waals surface area contributed by atoms with Gasteiger partial charge in [-0.25, -0.2) is 0 Å². The maximum absolute atomic E-state index is 11.6. The smallest absolute Gasteiger partial charge is 0.307 e. The van der Waals surface area contributed by atoms with Gasteiger partial charge in [0, 0.05) is 24.8 Å². The Morgan fingerprint density at radius 3 is 2.24 bits per heavy atom. The lowest BCUT2D eigenvalue weighted by Gasteiger charge is -2.12. The van der Waals surface area contributed by atoms with Gasteiger partial charge in [0.2, 0.25) is 5.91 Å². The van der Waals surface area contributed by atoms with E-state index in [1.165, 1.54) is 7.11 Å². The van der Waals surface area contributed by atoms with Crippen LogP contribution in [0.3, 0.4) is 0 Å². The van der Waals surface area contributed by atoms with E-state index in [4.69, 9.17) is 0 Å². The number of hydrogen-bond donors (Lipinski definition) is 1. The second-order valence-corrected chi connectivity index (χ2v) is 4.34. The van der Waals surface area contributed by atoms with E-state index in [1.54, 1.807) is 6.92 Å². The number of hydrogen-bond acceptors (Lipinski definition) is 4. The number of nitrogens with one attached hydrogen (secondary N) is 1. The van der Waals surface area contributed by atoms with Crippen molar-refractivity contribution in [2.75, 3.05) is 13.7 Å². The third-order valence-corrected chi connectivity index (χ3v) is 2.45. The number of carbonyl (C=O) groups excluding carboxylic acids is 3. The van der Waals surface area contributed by atoms with E-state index in [2.05, 4.69) is 10.1 Å². The molecule has 0 unspecified atom stereocenters. The van der Waals surface area contributed by atoms with Crippen molar-refractivity contribution in [3.63, 3.8) is 0 Å². The van der Waals surface area contributed by atoms with Crippen molar-refractivity contribution in [2.24, 2.45) is 11.8 Å². The average Bonchev–Trinajstić information content (AvgIpc) is 2.28. The normalized spacial score (nSPS) is 12.1. The molecule has 0 aromatic rings. The molecule has 0 heterocycles. The Morgan fingerprint density at radius 2 is 1.76 bits per heavy atom. The summed E-state index contributed by atoms with van der Waals surface area (Å²) < 4.78 is 4.44. The number of ether oxygens (including phenoxy) is 1. The first-order valence-corrected chi connectivity index (χ1v) is 5.75. The van der Waals surface area contributed by atoms with Crippen LogP contribution < -0.4 is 5.32 Å². The van der Waals surface area contributed by atoms with E-state index in [9.17, 15) is 14.4 Å². The molecule has 1 N–H and O–H groups in total. The van der Waals surface area contributed by atoms with Crippen molar-refractivity contribution in [3.05, 3.63) is 0 Å². The minimum absolute atomic E-state index is 0.0553. The van der Waals surface area contributed by atoms with Crippen LogP contribution in [0.25, 0.3) is 0 Å². The summed E-state index contributed by atoms with van der Waals surface area (Å²) in [5.74, 6) is -0.914. The maximum Gasteiger partial charge on any atom is 0.307 e. The molecule has 0 saturated heterocycles. The van der Waals surface area contributed by atoms with E-state index in [1.807, 2.05) is 13.8 Å². The van der Waals surface area contributed by atoms with Crippen LogP contribution in [0, 0.1) is 11.8 Å². The molecular weight excluding hydrogens is 222 g/mol. The maximum atomic E-state index is 11.6. The highest BCUT2D eigenvalue weighted by atomic mass is 16.5. The summed E-state index contributed by atoms with van der Waals surface area (Å²) in [4.78, 5) is 33.8. The van der Waals surface area contributed by atoms with Gasteiger partial charge in [-0.1, -0.05) is 20.8 Å². The highest BCUT2D eigenvalue weighted by molar-refractivity contribution is 5.87. The molecule has 98 valence electrons. The van der Waals surface area contributed by atoms with Crippen molar-refractivity contribution in [3.8, 4) is 0 Å². The predicted octanol–water partition coefficient (Wildman–Crippen LogP) is 0.917. The van der Waals surface area contributed by atoms with Gasteiger partial charge < -0.3 is 10.1 Å². The van der Waals surface area contributed by atoms with Crippen LogP contribution in [0.5, 0.6) is 0 Å². The zero-order valence-electron chi connectivity index (χ0n) is 10.9. The molecule has 1 amide bonds. The number of ketones is 1. The molecule has 17 heavy (non-hydrogen) atoms. The second kappa shape index (κ2) is 7.81. The molecule has 0 aliphatic carbocycles. The van der Waals surface area contributed by atoms with Crippen LogP contribution in [0.2, 0.25) is 0 Å². The van der Waals surface area contributed by atoms with Crippen molar-refractivity contribution >= 4 is 17.7 Å². The number of Topliss-reactive ketones (excluding diaryl/α,β-unsaturated/α-hetero) is 1. The quantitative estimate of drug-likeness (QED) is 0.675. The van der Waals surface area contributed by atoms with Gasteiger partial charge in [-0.05, 0) is 0 Å². The van der Waals surface area contributed by atoms with Crippen LogP contribution >= 0.6 is 0 Å². The lowest BCUT2D eigenvalue weighted by Crippen LogP contribution is -2.32. The fraction of sp³-hybridized carbons (Fsp3) is 0.750. The molecule has 0 fully saturated rings. The van der Waals surface area contributed by atoms with E-state index in [-0.39, 0.29) is 48.9 Å². The summed E-state index contributed by atoms with van der Waals surface area (Å²) in [6.45, 7) is 5.56. The fourth-order valence-electron chi connectivity index (χ4n) is 1.19. The largest absolute Gasteiger partial charge is 0.469 e. The van der Waals surface area contributed by atoms with Gasteiger partial charge in [0.25, 0.3) is 0 Å². The van der Waals surface area contributed by atoms with Crippen LogP contribution in [0.15, 0.2) is 0 Å². The topological polar surface area (TPSA) is 72.5 Å². The summed E-state index contributed by atoms with van der Waals surface area (Å²) in [6.07, 6.45) is 0.384. The van der Waals surface area contributed by atoms with Crippen LogP contribution in [0.4, 0.5) is 0 Å². The Kier molecular flexibility index (Phi) is 7.18. The Bertz CT molecular complexity index is 286. The summed E-state index contributed by atoms with van der Waals surface area (Å²) in [5, 5.41) is 2.60. The molecule has 0 spiro atoms. The van der Waals surface area contributed by atoms with Crippen LogP contribution in [0.1, 0.15) is 33.6 Å². The van der Waals surface area contributed by atoms with E-state index < -0.39 is 0 Å². The Hall–Kier alpha value is -1.39. The molecular formula is C12H21NO4. The predicted molar refractivity (Wildman–Crippen MR) is 63.3 cm³/mol. The Balaban J connectivity index is 3.90. The molecule has 1 atom stereocenters. The minimum atomic E-state index is -0.365. The SMILES string of the molecule is COC(=O)CCNC(=O)[C@H](C)CC(=O)C(C)C. The molecule has 0 saturated carbocycles. The third-order valence-electron chi connectivity index (χ3n) is 2.45. The minimum Gasteiger partial charge on any atom is -0.469 e. The molecule has 0 radical (unpaired) electrons. The number of amides is 1. The fourth-order valence-corrected chi connectivity index (χ4v) is 1.19. The Labute approximate surface area is 102 Å². The third kappa shape index (κ3) is 6.71. The van der Waals surface area contributed by atoms with Crippen LogP contribution in [-0.4, -0.2) is 31.3 Å². The first-order chi connectivity index (χ1) is 7.88. The van der Waals surface area contributed by atoms with Gasteiger partial charge in [-0.15, -0.1) is 0 Å². The first kappa shape index (κ1) is 15.6. The van der Waals surface area contributed by atoms with Crippen LogP contribution in [-0.2, 0) is 19.1 Å². The zero-order valence-corrected chi connectivity index (χ0v) is 10.9. The lowest BCUT2D eigenvalue weighted by atomic mass is 9.97. The lowest BCUT2D eigenvalue weighted by molar-refractivity contribution is -0.140. The van der Waals surface area contributed by atoms with Gasteiger partial charge in [-0.2, -0.15) is 0 Å². The Morgan fingerprint density at radius 1 is 1.18 bits per heavy atom. The van der Waals surface area contributed by atoms with Crippen molar-refractivity contribution in [2.45, 2.75) is 33.6 Å². The molecule has 0 aromatic carbocycles. The second-order valence-electron chi connectivity index (χ2n) is 4.34. The van der Waals surface area contributed by atoms with E-state index >= 15 is 0 Å². The molecule has 0 aliphatic rings. The standard InChI is InChI=1S/C12H21NO4/c1-8(2)10(14)7-9(3)12(16)13-6-5-11(15)17-4/h8-9H,5-7H2,1-4H3,(H,13,16)/t9-/m1/s1. The molecule has 5 heteroatoms. The van der Waals surface area contributed by atoms with E-state index in [0.29, 0.717) is 0 Å².